The number of nitrogens with one attached hydrogen (secondary N) is 1. The third kappa shape index (κ3) is 10.1. The molecule has 0 radical (unpaired) electrons. The van der Waals surface area contributed by atoms with E-state index in [4.69, 9.17) is 11.6 Å². The first-order valence-electron chi connectivity index (χ1n) is 15.6. The molecule has 0 saturated carbocycles. The van der Waals surface area contributed by atoms with E-state index in [1.165, 1.54) is 83.5 Å². The predicted octanol–water partition coefficient (Wildman–Crippen LogP) is 10.0. The number of fused-ring (bicyclic) bond motifs is 1. The van der Waals surface area contributed by atoms with Crippen molar-refractivity contribution in [3.8, 4) is 11.4 Å². The number of hydrogen-bond donors (Lipinski definition) is 1. The molecule has 1 aromatic carbocycles. The predicted molar refractivity (Wildman–Crippen MR) is 165 cm³/mol. The summed E-state index contributed by atoms with van der Waals surface area (Å²) in [6.45, 7) is 8.53. The third-order valence-electron chi connectivity index (χ3n) is 7.67. The highest BCUT2D eigenvalue weighted by Crippen LogP contribution is 2.32. The molecule has 0 spiro atoms. The summed E-state index contributed by atoms with van der Waals surface area (Å²) in [4.78, 5) is 16.1. The summed E-state index contributed by atoms with van der Waals surface area (Å²) in [5, 5.41) is 9.85. The van der Waals surface area contributed by atoms with Gasteiger partial charge < -0.3 is 4.98 Å². The van der Waals surface area contributed by atoms with Gasteiger partial charge in [-0.2, -0.15) is 5.10 Å². The lowest BCUT2D eigenvalue weighted by Crippen LogP contribution is -2.13. The fraction of sp³-hybridized carbons (Fsp3) is 0.667. The van der Waals surface area contributed by atoms with Gasteiger partial charge in [0, 0.05) is 23.8 Å². The zero-order chi connectivity index (χ0) is 28.1. The van der Waals surface area contributed by atoms with Crippen LogP contribution in [0.15, 0.2) is 24.3 Å². The average Bonchev–Trinajstić information content (AvgIpc) is 3.46. The maximum atomic E-state index is 12.8. The van der Waals surface area contributed by atoms with Crippen molar-refractivity contribution in [2.45, 2.75) is 142 Å². The van der Waals surface area contributed by atoms with Crippen molar-refractivity contribution in [3.05, 3.63) is 40.5 Å². The molecule has 5 nitrogen and oxygen atoms in total. The smallest absolute Gasteiger partial charge is 0.175 e. The number of benzene rings is 1. The largest absolute Gasteiger partial charge is 0.320 e. The second-order valence-corrected chi connectivity index (χ2v) is 12.7. The lowest BCUT2D eigenvalue weighted by atomic mass is 9.92. The van der Waals surface area contributed by atoms with E-state index in [1.54, 1.807) is 4.63 Å². The van der Waals surface area contributed by atoms with Gasteiger partial charge in [-0.3, -0.25) is 4.79 Å². The Labute approximate surface area is 241 Å². The second kappa shape index (κ2) is 16.2. The minimum Gasteiger partial charge on any atom is -0.320 e. The van der Waals surface area contributed by atoms with Gasteiger partial charge in [-0.05, 0) is 12.0 Å². The standard InChI is InChI=1S/C33H51ClN4O/c1-5-6-7-8-9-10-11-12-13-14-15-16-17-18-19-23-27(39)25-26-22-20-21-24-28(26)31-35-32-29(34)30(33(2,3)4)36-38(32)37-31/h20-22,24H,5-19,23,25H2,1-4H3,(H,35,37). The van der Waals surface area contributed by atoms with Crippen LogP contribution in [-0.2, 0) is 16.6 Å². The topological polar surface area (TPSA) is 63.1 Å². The lowest BCUT2D eigenvalue weighted by Gasteiger charge is -2.14. The Morgan fingerprint density at radius 3 is 1.90 bits per heavy atom. The van der Waals surface area contributed by atoms with Gasteiger partial charge in [0.05, 0.1) is 5.69 Å². The number of carbonyl (C=O) groups is 1. The molecule has 3 aromatic rings. The van der Waals surface area contributed by atoms with Crippen LogP contribution in [0.1, 0.15) is 142 Å². The van der Waals surface area contributed by atoms with Gasteiger partial charge in [0.25, 0.3) is 0 Å². The first-order chi connectivity index (χ1) is 18.8. The van der Waals surface area contributed by atoms with Crippen LogP contribution in [0, 0.1) is 0 Å². The van der Waals surface area contributed by atoms with Crippen LogP contribution in [0.4, 0.5) is 0 Å². The molecule has 0 aliphatic carbocycles. The van der Waals surface area contributed by atoms with Crippen molar-refractivity contribution >= 4 is 23.0 Å². The fourth-order valence-corrected chi connectivity index (χ4v) is 5.74. The minimum absolute atomic E-state index is 0.164. The van der Waals surface area contributed by atoms with Crippen LogP contribution >= 0.6 is 11.6 Å². The average molecular weight is 555 g/mol. The van der Waals surface area contributed by atoms with E-state index in [-0.39, 0.29) is 5.41 Å². The molecule has 39 heavy (non-hydrogen) atoms. The number of hydrogen-bond acceptors (Lipinski definition) is 3. The van der Waals surface area contributed by atoms with Crippen LogP contribution in [0.5, 0.6) is 0 Å². The number of rotatable bonds is 19. The molecule has 0 bridgehead atoms. The van der Waals surface area contributed by atoms with Gasteiger partial charge in [0.15, 0.2) is 11.5 Å². The minimum atomic E-state index is -0.164. The van der Waals surface area contributed by atoms with Crippen molar-refractivity contribution in [3.63, 3.8) is 0 Å². The second-order valence-electron chi connectivity index (χ2n) is 12.3. The molecule has 0 unspecified atom stereocenters. The Morgan fingerprint density at radius 1 is 0.821 bits per heavy atom. The number of Topliss-reactive ketones (excluding diaryl/α,β-unsaturated/α-hetero) is 1. The Kier molecular flexibility index (Phi) is 13.0. The Balaban J connectivity index is 1.33. The lowest BCUT2D eigenvalue weighted by molar-refractivity contribution is -0.118. The van der Waals surface area contributed by atoms with Crippen molar-refractivity contribution < 1.29 is 4.79 Å². The highest BCUT2D eigenvalue weighted by Gasteiger charge is 2.25. The van der Waals surface area contributed by atoms with Gasteiger partial charge in [0.1, 0.15) is 10.8 Å². The summed E-state index contributed by atoms with van der Waals surface area (Å²) in [5.74, 6) is 0.983. The molecule has 0 atom stereocenters. The molecular formula is C33H51ClN4O. The number of halogens is 1. The van der Waals surface area contributed by atoms with E-state index >= 15 is 0 Å². The van der Waals surface area contributed by atoms with E-state index in [9.17, 15) is 4.79 Å². The summed E-state index contributed by atoms with van der Waals surface area (Å²) < 4.78 is 1.58. The van der Waals surface area contributed by atoms with Gasteiger partial charge in [0.2, 0.25) is 0 Å². The summed E-state index contributed by atoms with van der Waals surface area (Å²) >= 11 is 6.61. The van der Waals surface area contributed by atoms with Crippen LogP contribution in [0.3, 0.4) is 0 Å². The number of carbonyl (C=O) groups excluding carboxylic acids is 1. The van der Waals surface area contributed by atoms with Crippen molar-refractivity contribution in [2.24, 2.45) is 0 Å². The van der Waals surface area contributed by atoms with Crippen molar-refractivity contribution in [2.75, 3.05) is 0 Å². The Hall–Kier alpha value is -2.14. The summed E-state index contributed by atoms with van der Waals surface area (Å²) in [6, 6.07) is 7.99. The monoisotopic (exact) mass is 554 g/mol. The van der Waals surface area contributed by atoms with Gasteiger partial charge in [-0.25, -0.2) is 0 Å². The molecule has 1 N–H and O–H groups in total. The highest BCUT2D eigenvalue weighted by atomic mass is 35.5. The zero-order valence-electron chi connectivity index (χ0n) is 25.0. The normalized spacial score (nSPS) is 12.0. The maximum absolute atomic E-state index is 12.8. The molecule has 216 valence electrons. The molecule has 3 rings (SSSR count). The summed E-state index contributed by atoms with van der Waals surface area (Å²) in [7, 11) is 0. The Morgan fingerprint density at radius 2 is 1.36 bits per heavy atom. The molecule has 2 aromatic heterocycles. The fourth-order valence-electron chi connectivity index (χ4n) is 5.30. The van der Waals surface area contributed by atoms with Crippen LogP contribution < -0.4 is 0 Å². The first kappa shape index (κ1) is 31.4. The third-order valence-corrected chi connectivity index (χ3v) is 8.03. The molecule has 0 aliphatic heterocycles. The Bertz CT molecular complexity index is 1140. The molecule has 0 fully saturated rings. The van der Waals surface area contributed by atoms with Crippen molar-refractivity contribution in [1.82, 2.24) is 19.8 Å². The van der Waals surface area contributed by atoms with Gasteiger partial charge in [-0.1, -0.05) is 153 Å². The molecule has 0 amide bonds. The number of nitrogens with zero attached hydrogens (tertiary/aromatic N) is 3. The van der Waals surface area contributed by atoms with Gasteiger partial charge >= 0.3 is 0 Å². The number of unbranched alkanes of at least 4 members (excludes halogenated alkanes) is 14. The van der Waals surface area contributed by atoms with Crippen LogP contribution in [0.25, 0.3) is 17.0 Å². The zero-order valence-corrected chi connectivity index (χ0v) is 25.7. The SMILES string of the molecule is CCCCCCCCCCCCCCCCCC(=O)Cc1ccccc1-c1nn2nc(C(C)(C)C)c(Cl)c2[nH]1. The molecular weight excluding hydrogens is 504 g/mol. The van der Waals surface area contributed by atoms with Gasteiger partial charge in [-0.15, -0.1) is 9.73 Å². The molecule has 6 heteroatoms. The molecule has 2 heterocycles. The first-order valence-corrected chi connectivity index (χ1v) is 15.9. The summed E-state index contributed by atoms with van der Waals surface area (Å²) in [5.41, 5.74) is 3.27. The van der Waals surface area contributed by atoms with E-state index in [1.807, 2.05) is 24.3 Å². The van der Waals surface area contributed by atoms with E-state index < -0.39 is 0 Å². The van der Waals surface area contributed by atoms with Crippen LogP contribution in [-0.4, -0.2) is 25.6 Å². The number of H-pyrrole nitrogens is 1. The maximum Gasteiger partial charge on any atom is 0.175 e. The molecule has 0 aliphatic rings. The summed E-state index contributed by atoms with van der Waals surface area (Å²) in [6.07, 6.45) is 21.1. The number of ketones is 1. The number of aromatic amines is 1. The highest BCUT2D eigenvalue weighted by molar-refractivity contribution is 6.34. The number of aromatic nitrogens is 4. The van der Waals surface area contributed by atoms with E-state index in [0.717, 1.165) is 29.7 Å². The van der Waals surface area contributed by atoms with Crippen LogP contribution in [0.2, 0.25) is 5.02 Å². The molecule has 0 saturated heterocycles. The van der Waals surface area contributed by atoms with E-state index in [0.29, 0.717) is 35.1 Å². The van der Waals surface area contributed by atoms with Crippen molar-refractivity contribution in [1.29, 1.82) is 0 Å². The quantitative estimate of drug-likeness (QED) is 0.150. The van der Waals surface area contributed by atoms with E-state index in [2.05, 4.69) is 42.9 Å².